The van der Waals surface area contributed by atoms with Crippen molar-refractivity contribution in [1.82, 2.24) is 4.57 Å². The summed E-state index contributed by atoms with van der Waals surface area (Å²) in [4.78, 5) is 2.51. The molecular weight excluding hydrogens is 813 g/mol. The highest BCUT2D eigenvalue weighted by molar-refractivity contribution is 6.12. The van der Waals surface area contributed by atoms with Crippen molar-refractivity contribution in [2.75, 3.05) is 4.90 Å². The number of aromatic nitrogens is 1. The molecule has 13 rings (SSSR count). The van der Waals surface area contributed by atoms with Gasteiger partial charge in [0, 0.05) is 49.6 Å². The van der Waals surface area contributed by atoms with E-state index in [2.05, 4.69) is 228 Å². The molecule has 0 bridgehead atoms. The number of benzene rings is 10. The van der Waals surface area contributed by atoms with Crippen LogP contribution in [0.1, 0.15) is 43.6 Å². The van der Waals surface area contributed by atoms with E-state index in [4.69, 9.17) is 4.42 Å². The molecule has 320 valence electrons. The summed E-state index contributed by atoms with van der Waals surface area (Å²) in [5.74, 6) is 0.557. The average molecular weight is 861 g/mol. The summed E-state index contributed by atoms with van der Waals surface area (Å²) >= 11 is 0. The average Bonchev–Trinajstić information content (AvgIpc) is 3.95. The molecule has 2 heterocycles. The standard InChI is InChI=1S/C64H48N2O/c1-3-19-43(20-4-1)50-31-16-21-44-22-17-33-56(63(44)50)53-29-9-13-37-60(53)66(48-26-15-23-45(41-48)51-32-18-34-57-55-30-10-14-38-62(55)67-64(51)57)58-35-11-7-27-49(58)46-39-40-54-52-28-8-12-36-59(52)65(61(54)42-46)47-24-5-2-6-25-47/h2,5-18,21-43H,1,3-4,19-20H2. The van der Waals surface area contributed by atoms with Crippen molar-refractivity contribution in [3.05, 3.63) is 230 Å². The Balaban J connectivity index is 1.05. The third-order valence-corrected chi connectivity index (χ3v) is 14.4. The van der Waals surface area contributed by atoms with Gasteiger partial charge in [0.15, 0.2) is 0 Å². The van der Waals surface area contributed by atoms with E-state index in [9.17, 15) is 0 Å². The molecule has 0 atom stereocenters. The summed E-state index contributed by atoms with van der Waals surface area (Å²) in [5.41, 5.74) is 17.0. The molecule has 1 saturated carbocycles. The molecule has 2 aromatic heterocycles. The number of hydrogen-bond donors (Lipinski definition) is 0. The lowest BCUT2D eigenvalue weighted by atomic mass is 9.80. The van der Waals surface area contributed by atoms with Crippen LogP contribution in [0, 0.1) is 0 Å². The van der Waals surface area contributed by atoms with E-state index < -0.39 is 0 Å². The monoisotopic (exact) mass is 860 g/mol. The minimum absolute atomic E-state index is 0.557. The Bertz CT molecular complexity index is 3810. The van der Waals surface area contributed by atoms with Crippen molar-refractivity contribution >= 4 is 71.6 Å². The molecule has 0 unspecified atom stereocenters. The fourth-order valence-electron chi connectivity index (χ4n) is 11.3. The maximum atomic E-state index is 6.65. The van der Waals surface area contributed by atoms with Crippen LogP contribution in [0.5, 0.6) is 0 Å². The zero-order chi connectivity index (χ0) is 44.3. The molecule has 3 nitrogen and oxygen atoms in total. The Kier molecular flexibility index (Phi) is 9.60. The zero-order valence-electron chi connectivity index (χ0n) is 37.3. The van der Waals surface area contributed by atoms with Crippen LogP contribution in [0.25, 0.3) is 93.6 Å². The van der Waals surface area contributed by atoms with Crippen LogP contribution in [0.2, 0.25) is 0 Å². The van der Waals surface area contributed by atoms with Crippen LogP contribution in [-0.2, 0) is 0 Å². The molecule has 0 aliphatic heterocycles. The Labute approximate surface area is 390 Å². The van der Waals surface area contributed by atoms with Crippen molar-refractivity contribution in [3.8, 4) is 39.1 Å². The normalized spacial score (nSPS) is 13.3. The molecule has 1 fully saturated rings. The van der Waals surface area contributed by atoms with Crippen LogP contribution >= 0.6 is 0 Å². The van der Waals surface area contributed by atoms with Gasteiger partial charge in [0.25, 0.3) is 0 Å². The lowest BCUT2D eigenvalue weighted by Gasteiger charge is -2.31. The maximum Gasteiger partial charge on any atom is 0.143 e. The Morgan fingerprint density at radius 3 is 1.91 bits per heavy atom. The van der Waals surface area contributed by atoms with Gasteiger partial charge in [0.05, 0.1) is 22.4 Å². The molecule has 0 saturated heterocycles. The van der Waals surface area contributed by atoms with Gasteiger partial charge in [0.2, 0.25) is 0 Å². The molecule has 1 aliphatic rings. The summed E-state index contributed by atoms with van der Waals surface area (Å²) in [7, 11) is 0. The summed E-state index contributed by atoms with van der Waals surface area (Å²) < 4.78 is 9.06. The number of hydrogen-bond acceptors (Lipinski definition) is 2. The van der Waals surface area contributed by atoms with Crippen LogP contribution in [0.15, 0.2) is 229 Å². The predicted octanol–water partition coefficient (Wildman–Crippen LogP) is 18.4. The fourth-order valence-corrected chi connectivity index (χ4v) is 11.3. The SMILES string of the molecule is c1ccc(-n2c3ccccc3c3ccc(-c4ccccc4N(c4cccc(-c5cccc6c5oc5ccccc56)c4)c4ccccc4-c4cccc5cccc(C6CCCCC6)c45)cc32)cc1. The number of anilines is 3. The first-order valence-corrected chi connectivity index (χ1v) is 23.9. The van der Waals surface area contributed by atoms with Gasteiger partial charge < -0.3 is 13.9 Å². The van der Waals surface area contributed by atoms with E-state index in [1.165, 1.54) is 81.4 Å². The maximum absolute atomic E-state index is 6.65. The van der Waals surface area contributed by atoms with Crippen molar-refractivity contribution in [2.24, 2.45) is 0 Å². The van der Waals surface area contributed by atoms with Gasteiger partial charge in [-0.3, -0.25) is 0 Å². The number of furan rings is 1. The summed E-state index contributed by atoms with van der Waals surface area (Å²) in [5, 5.41) is 7.41. The lowest BCUT2D eigenvalue weighted by Crippen LogP contribution is -2.13. The summed E-state index contributed by atoms with van der Waals surface area (Å²) in [6.07, 6.45) is 6.40. The van der Waals surface area contributed by atoms with Gasteiger partial charge in [-0.25, -0.2) is 0 Å². The Hall–Kier alpha value is -8.14. The highest BCUT2D eigenvalue weighted by Crippen LogP contribution is 2.49. The van der Waals surface area contributed by atoms with Crippen LogP contribution in [0.3, 0.4) is 0 Å². The van der Waals surface area contributed by atoms with Gasteiger partial charge in [-0.2, -0.15) is 0 Å². The van der Waals surface area contributed by atoms with E-state index in [0.29, 0.717) is 5.92 Å². The molecule has 1 aliphatic carbocycles. The number of para-hydroxylation sites is 6. The molecule has 12 aromatic rings. The van der Waals surface area contributed by atoms with Gasteiger partial charge >= 0.3 is 0 Å². The molecule has 0 spiro atoms. The van der Waals surface area contributed by atoms with Crippen molar-refractivity contribution in [3.63, 3.8) is 0 Å². The highest BCUT2D eigenvalue weighted by Gasteiger charge is 2.25. The van der Waals surface area contributed by atoms with Gasteiger partial charge in [-0.15, -0.1) is 0 Å². The minimum atomic E-state index is 0.557. The smallest absolute Gasteiger partial charge is 0.143 e. The van der Waals surface area contributed by atoms with Gasteiger partial charge in [-0.1, -0.05) is 189 Å². The lowest BCUT2D eigenvalue weighted by molar-refractivity contribution is 0.445. The van der Waals surface area contributed by atoms with E-state index in [1.807, 2.05) is 6.07 Å². The third-order valence-electron chi connectivity index (χ3n) is 14.4. The molecule has 0 amide bonds. The molecule has 10 aromatic carbocycles. The molecular formula is C64H48N2O. The minimum Gasteiger partial charge on any atom is -0.455 e. The van der Waals surface area contributed by atoms with Crippen molar-refractivity contribution < 1.29 is 4.42 Å². The van der Waals surface area contributed by atoms with Crippen molar-refractivity contribution in [2.45, 2.75) is 38.0 Å². The van der Waals surface area contributed by atoms with Crippen LogP contribution in [0.4, 0.5) is 17.1 Å². The van der Waals surface area contributed by atoms with E-state index in [1.54, 1.807) is 0 Å². The summed E-state index contributed by atoms with van der Waals surface area (Å²) in [6.45, 7) is 0. The number of nitrogens with zero attached hydrogens (tertiary/aromatic N) is 2. The second-order valence-corrected chi connectivity index (χ2v) is 18.2. The molecule has 0 N–H and O–H groups in total. The van der Waals surface area contributed by atoms with Crippen molar-refractivity contribution in [1.29, 1.82) is 0 Å². The predicted molar refractivity (Wildman–Crippen MR) is 282 cm³/mol. The second-order valence-electron chi connectivity index (χ2n) is 18.2. The van der Waals surface area contributed by atoms with Gasteiger partial charge in [0.1, 0.15) is 11.2 Å². The first-order chi connectivity index (χ1) is 33.3. The zero-order valence-corrected chi connectivity index (χ0v) is 37.3. The largest absolute Gasteiger partial charge is 0.455 e. The number of rotatable bonds is 8. The second kappa shape index (κ2) is 16.4. The van der Waals surface area contributed by atoms with E-state index >= 15 is 0 Å². The number of fused-ring (bicyclic) bond motifs is 7. The first-order valence-electron chi connectivity index (χ1n) is 23.9. The van der Waals surface area contributed by atoms with E-state index in [0.717, 1.165) is 66.9 Å². The molecule has 0 radical (unpaired) electrons. The Morgan fingerprint density at radius 1 is 0.418 bits per heavy atom. The van der Waals surface area contributed by atoms with Crippen LogP contribution in [-0.4, -0.2) is 4.57 Å². The highest BCUT2D eigenvalue weighted by atomic mass is 16.3. The Morgan fingerprint density at radius 2 is 1.04 bits per heavy atom. The van der Waals surface area contributed by atoms with Crippen LogP contribution < -0.4 is 4.90 Å². The fraction of sp³-hybridized carbons (Fsp3) is 0.0938. The molecule has 3 heteroatoms. The molecule has 67 heavy (non-hydrogen) atoms. The topological polar surface area (TPSA) is 21.3 Å². The quantitative estimate of drug-likeness (QED) is 0.152. The van der Waals surface area contributed by atoms with Gasteiger partial charge in [-0.05, 0) is 106 Å². The third kappa shape index (κ3) is 6.64. The summed E-state index contributed by atoms with van der Waals surface area (Å²) in [6, 6.07) is 82.4. The first kappa shape index (κ1) is 39.2. The van der Waals surface area contributed by atoms with E-state index in [-0.39, 0.29) is 0 Å².